The Bertz CT molecular complexity index is 838. The van der Waals surface area contributed by atoms with Crippen LogP contribution >= 0.6 is 0 Å². The molecule has 2 aromatic heterocycles. The monoisotopic (exact) mass is 356 g/mol. The smallest absolute Gasteiger partial charge is 0.339 e. The number of rotatable bonds is 7. The van der Waals surface area contributed by atoms with E-state index in [4.69, 9.17) is 10.5 Å². The normalized spacial score (nSPS) is 13.2. The minimum absolute atomic E-state index is 0.0368. The highest BCUT2D eigenvalue weighted by atomic mass is 16.5. The van der Waals surface area contributed by atoms with Crippen LogP contribution in [0.1, 0.15) is 26.5 Å². The summed E-state index contributed by atoms with van der Waals surface area (Å²) in [7, 11) is 0. The van der Waals surface area contributed by atoms with Gasteiger partial charge in [-0.25, -0.2) is 14.8 Å². The average Bonchev–Trinajstić information content (AvgIpc) is 2.58. The molecule has 0 fully saturated rings. The van der Waals surface area contributed by atoms with E-state index in [2.05, 4.69) is 15.0 Å². The first-order valence-corrected chi connectivity index (χ1v) is 8.32. The molecule has 2 aromatic rings. The van der Waals surface area contributed by atoms with Crippen LogP contribution in [0.3, 0.4) is 0 Å². The average molecular weight is 356 g/mol. The standard InChI is InChI=1S/C19H24N4O3/c1-19(2,3)26-12-16(20)15(18(24)25)11-21-10-8-14-7-6-13-5-4-9-22-17(13)23-14/h4-7,9,11H,8,10,12,20H2,1-3H3,(H,24,25). The lowest BCUT2D eigenvalue weighted by atomic mass is 10.2. The minimum Gasteiger partial charge on any atom is -0.478 e. The van der Waals surface area contributed by atoms with Gasteiger partial charge in [-0.1, -0.05) is 0 Å². The summed E-state index contributed by atoms with van der Waals surface area (Å²) in [6, 6.07) is 7.68. The zero-order valence-electron chi connectivity index (χ0n) is 15.3. The number of carbonyl (C=O) groups is 1. The van der Waals surface area contributed by atoms with Crippen molar-refractivity contribution >= 4 is 23.2 Å². The Balaban J connectivity index is 2.00. The SMILES string of the molecule is CC(C)(C)OCC(N)=C(C=NCCc1ccc2cccnc2n1)C(=O)O. The van der Waals surface area contributed by atoms with Crippen molar-refractivity contribution < 1.29 is 14.6 Å². The fraction of sp³-hybridized carbons (Fsp3) is 0.368. The van der Waals surface area contributed by atoms with E-state index in [1.54, 1.807) is 6.20 Å². The fourth-order valence-corrected chi connectivity index (χ4v) is 2.11. The Hall–Kier alpha value is -2.80. The van der Waals surface area contributed by atoms with Crippen molar-refractivity contribution in [3.8, 4) is 0 Å². The van der Waals surface area contributed by atoms with E-state index in [0.717, 1.165) is 11.1 Å². The first-order chi connectivity index (χ1) is 12.3. The van der Waals surface area contributed by atoms with Gasteiger partial charge in [0.25, 0.3) is 0 Å². The van der Waals surface area contributed by atoms with Gasteiger partial charge in [-0.05, 0) is 45.0 Å². The summed E-state index contributed by atoms with van der Waals surface area (Å²) in [4.78, 5) is 24.2. The lowest BCUT2D eigenvalue weighted by Gasteiger charge is -2.19. The molecule has 0 unspecified atom stereocenters. The zero-order valence-corrected chi connectivity index (χ0v) is 15.3. The number of nitrogens with zero attached hydrogens (tertiary/aromatic N) is 3. The van der Waals surface area contributed by atoms with Crippen molar-refractivity contribution in [2.24, 2.45) is 10.7 Å². The molecule has 3 N–H and O–H groups in total. The summed E-state index contributed by atoms with van der Waals surface area (Å²) in [6.45, 7) is 6.06. The molecule has 0 spiro atoms. The maximum atomic E-state index is 11.4. The molecule has 26 heavy (non-hydrogen) atoms. The largest absolute Gasteiger partial charge is 0.478 e. The van der Waals surface area contributed by atoms with Crippen molar-refractivity contribution in [3.05, 3.63) is 47.4 Å². The van der Waals surface area contributed by atoms with E-state index in [9.17, 15) is 9.90 Å². The van der Waals surface area contributed by atoms with Crippen LogP contribution in [0.5, 0.6) is 0 Å². The van der Waals surface area contributed by atoms with E-state index >= 15 is 0 Å². The topological polar surface area (TPSA) is 111 Å². The number of carboxylic acids is 1. The molecule has 0 bridgehead atoms. The molecule has 0 aliphatic heterocycles. The van der Waals surface area contributed by atoms with E-state index in [-0.39, 0.29) is 17.9 Å². The maximum Gasteiger partial charge on any atom is 0.339 e. The third kappa shape index (κ3) is 5.93. The first-order valence-electron chi connectivity index (χ1n) is 8.32. The molecule has 0 aromatic carbocycles. The zero-order chi connectivity index (χ0) is 19.2. The molecule has 0 aliphatic carbocycles. The van der Waals surface area contributed by atoms with Crippen LogP contribution in [0.25, 0.3) is 11.0 Å². The molecule has 0 saturated heterocycles. The summed E-state index contributed by atoms with van der Waals surface area (Å²) < 4.78 is 5.51. The maximum absolute atomic E-state index is 11.4. The summed E-state index contributed by atoms with van der Waals surface area (Å²) >= 11 is 0. The predicted molar refractivity (Wildman–Crippen MR) is 101 cm³/mol. The van der Waals surface area contributed by atoms with Crippen LogP contribution in [0.2, 0.25) is 0 Å². The van der Waals surface area contributed by atoms with E-state index < -0.39 is 11.6 Å². The van der Waals surface area contributed by atoms with Gasteiger partial charge in [0.05, 0.1) is 23.5 Å². The van der Waals surface area contributed by atoms with Crippen molar-refractivity contribution in [3.63, 3.8) is 0 Å². The molecule has 0 aliphatic rings. The number of fused-ring (bicyclic) bond motifs is 1. The highest BCUT2D eigenvalue weighted by molar-refractivity contribution is 6.09. The Morgan fingerprint density at radius 2 is 2.12 bits per heavy atom. The first kappa shape index (κ1) is 19.5. The van der Waals surface area contributed by atoms with Gasteiger partial charge in [-0.2, -0.15) is 0 Å². The van der Waals surface area contributed by atoms with Crippen LogP contribution in [-0.2, 0) is 16.0 Å². The molecule has 7 nitrogen and oxygen atoms in total. The molecule has 2 rings (SSSR count). The lowest BCUT2D eigenvalue weighted by molar-refractivity contribution is -0.132. The Kier molecular flexibility index (Phi) is 6.41. The van der Waals surface area contributed by atoms with Crippen LogP contribution in [0.4, 0.5) is 0 Å². The second kappa shape index (κ2) is 8.53. The van der Waals surface area contributed by atoms with Gasteiger partial charge in [0.15, 0.2) is 5.65 Å². The lowest BCUT2D eigenvalue weighted by Crippen LogP contribution is -2.24. The van der Waals surface area contributed by atoms with E-state index in [1.807, 2.05) is 45.0 Å². The molecular weight excluding hydrogens is 332 g/mol. The van der Waals surface area contributed by atoms with Gasteiger partial charge in [-0.15, -0.1) is 0 Å². The number of carboxylic acid groups (broad SMARTS) is 1. The highest BCUT2D eigenvalue weighted by Crippen LogP contribution is 2.10. The predicted octanol–water partition coefficient (Wildman–Crippen LogP) is 2.36. The van der Waals surface area contributed by atoms with Crippen molar-refractivity contribution in [1.82, 2.24) is 9.97 Å². The van der Waals surface area contributed by atoms with Crippen molar-refractivity contribution in [2.75, 3.05) is 13.2 Å². The highest BCUT2D eigenvalue weighted by Gasteiger charge is 2.14. The van der Waals surface area contributed by atoms with Gasteiger partial charge < -0.3 is 15.6 Å². The van der Waals surface area contributed by atoms with Gasteiger partial charge in [-0.3, -0.25) is 4.99 Å². The van der Waals surface area contributed by atoms with Crippen molar-refractivity contribution in [1.29, 1.82) is 0 Å². The second-order valence-electron chi connectivity index (χ2n) is 6.78. The van der Waals surface area contributed by atoms with Gasteiger partial charge in [0, 0.05) is 36.5 Å². The number of ether oxygens (including phenoxy) is 1. The molecule has 7 heteroatoms. The van der Waals surface area contributed by atoms with Gasteiger partial charge in [0.1, 0.15) is 0 Å². The summed E-state index contributed by atoms with van der Waals surface area (Å²) in [5.41, 5.74) is 7.06. The number of pyridine rings is 2. The molecule has 0 atom stereocenters. The minimum atomic E-state index is -1.13. The number of aliphatic imine (C=N–C) groups is 1. The number of hydrogen-bond donors (Lipinski definition) is 2. The number of aliphatic carboxylic acids is 1. The molecule has 0 amide bonds. The molecule has 138 valence electrons. The van der Waals surface area contributed by atoms with Crippen LogP contribution < -0.4 is 5.73 Å². The van der Waals surface area contributed by atoms with E-state index in [1.165, 1.54) is 6.21 Å². The quantitative estimate of drug-likeness (QED) is 0.582. The molecule has 2 heterocycles. The molecule has 0 radical (unpaired) electrons. The van der Waals surface area contributed by atoms with Crippen LogP contribution in [-0.4, -0.2) is 46.0 Å². The Morgan fingerprint density at radius 3 is 2.81 bits per heavy atom. The van der Waals surface area contributed by atoms with Gasteiger partial charge in [0.2, 0.25) is 0 Å². The Labute approximate surface area is 152 Å². The summed E-state index contributed by atoms with van der Waals surface area (Å²) in [5, 5.41) is 10.3. The van der Waals surface area contributed by atoms with Crippen LogP contribution in [0, 0.1) is 0 Å². The van der Waals surface area contributed by atoms with Gasteiger partial charge >= 0.3 is 5.97 Å². The summed E-state index contributed by atoms with van der Waals surface area (Å²) in [5.74, 6) is -1.13. The van der Waals surface area contributed by atoms with E-state index in [0.29, 0.717) is 18.6 Å². The number of nitrogens with two attached hydrogens (primary N) is 1. The fourth-order valence-electron chi connectivity index (χ4n) is 2.11. The van der Waals surface area contributed by atoms with Crippen molar-refractivity contribution in [2.45, 2.75) is 32.8 Å². The third-order valence-corrected chi connectivity index (χ3v) is 3.48. The van der Waals surface area contributed by atoms with Crippen LogP contribution in [0.15, 0.2) is 46.7 Å². The third-order valence-electron chi connectivity index (χ3n) is 3.48. The number of hydrogen-bond acceptors (Lipinski definition) is 6. The molecular formula is C19H24N4O3. The number of aromatic nitrogens is 2. The molecule has 0 saturated carbocycles. The second-order valence-corrected chi connectivity index (χ2v) is 6.78. The summed E-state index contributed by atoms with van der Waals surface area (Å²) in [6.07, 6.45) is 3.56. The Morgan fingerprint density at radius 1 is 1.35 bits per heavy atom.